The predicted molar refractivity (Wildman–Crippen MR) is 88.8 cm³/mol. The topological polar surface area (TPSA) is 74.6 Å². The molecule has 0 spiro atoms. The Labute approximate surface area is 138 Å². The Balaban J connectivity index is 2.46. The molecule has 2 bridgehead atoms. The van der Waals surface area contributed by atoms with Crippen LogP contribution >= 0.6 is 0 Å². The van der Waals surface area contributed by atoms with Gasteiger partial charge in [0, 0.05) is 18.3 Å². The van der Waals surface area contributed by atoms with E-state index in [0.717, 1.165) is 12.0 Å². The van der Waals surface area contributed by atoms with Crippen LogP contribution in [0.25, 0.3) is 0 Å². The van der Waals surface area contributed by atoms with E-state index < -0.39 is 17.1 Å². The molecule has 128 valence electrons. The summed E-state index contributed by atoms with van der Waals surface area (Å²) >= 11 is 0. The Morgan fingerprint density at radius 1 is 1.22 bits per heavy atom. The summed E-state index contributed by atoms with van der Waals surface area (Å²) in [6, 6.07) is 0. The van der Waals surface area contributed by atoms with Crippen molar-refractivity contribution in [1.29, 1.82) is 0 Å². The molecule has 1 saturated carbocycles. The lowest BCUT2D eigenvalue weighted by Crippen LogP contribution is -2.64. The largest absolute Gasteiger partial charge is 0.389 e. The van der Waals surface area contributed by atoms with E-state index >= 15 is 0 Å². The summed E-state index contributed by atoms with van der Waals surface area (Å²) in [4.78, 5) is 24.5. The summed E-state index contributed by atoms with van der Waals surface area (Å²) in [5, 5.41) is 21.8. The number of carbonyl (C=O) groups excluding carboxylic acids is 2. The van der Waals surface area contributed by atoms with Crippen LogP contribution < -0.4 is 0 Å². The van der Waals surface area contributed by atoms with Gasteiger partial charge in [-0.25, -0.2) is 0 Å². The number of hydrogen-bond acceptors (Lipinski definition) is 4. The van der Waals surface area contributed by atoms with E-state index in [-0.39, 0.29) is 30.3 Å². The van der Waals surface area contributed by atoms with Crippen LogP contribution in [0, 0.1) is 11.3 Å². The lowest BCUT2D eigenvalue weighted by atomic mass is 9.55. The minimum Gasteiger partial charge on any atom is -0.389 e. The Hall–Kier alpha value is -1.26. The maximum absolute atomic E-state index is 12.5. The van der Waals surface area contributed by atoms with Crippen LogP contribution in [-0.2, 0) is 9.59 Å². The summed E-state index contributed by atoms with van der Waals surface area (Å²) in [5.74, 6) is -0.223. The van der Waals surface area contributed by atoms with Gasteiger partial charge in [0.15, 0.2) is 17.2 Å². The number of aliphatic hydroxyl groups is 2. The number of fused-ring (bicyclic) bond motifs is 2. The van der Waals surface area contributed by atoms with Crippen LogP contribution in [0.1, 0.15) is 59.3 Å². The zero-order valence-corrected chi connectivity index (χ0v) is 14.4. The van der Waals surface area contributed by atoms with E-state index in [0.29, 0.717) is 24.8 Å². The highest BCUT2D eigenvalue weighted by atomic mass is 16.4. The Bertz CT molecular complexity index is 558. The number of carbonyl (C=O) groups is 2. The first-order chi connectivity index (χ1) is 10.6. The zero-order valence-electron chi connectivity index (χ0n) is 14.4. The lowest BCUT2D eigenvalue weighted by molar-refractivity contribution is -0.193. The fraction of sp³-hybridized carbons (Fsp3) is 0.684. The van der Waals surface area contributed by atoms with Crippen molar-refractivity contribution < 1.29 is 19.8 Å². The third-order valence-corrected chi connectivity index (χ3v) is 5.82. The molecule has 2 N–H and O–H groups in total. The second kappa shape index (κ2) is 6.33. The second-order valence-electron chi connectivity index (χ2n) is 7.79. The van der Waals surface area contributed by atoms with Gasteiger partial charge in [0.25, 0.3) is 0 Å². The average Bonchev–Trinajstić information content (AvgIpc) is 2.42. The first kappa shape index (κ1) is 18.1. The molecule has 3 atom stereocenters. The number of hydrogen-bond donors (Lipinski definition) is 2. The van der Waals surface area contributed by atoms with E-state index in [4.69, 9.17) is 0 Å². The van der Waals surface area contributed by atoms with E-state index in [1.165, 1.54) is 6.08 Å². The van der Waals surface area contributed by atoms with Crippen molar-refractivity contribution in [1.82, 2.24) is 0 Å². The lowest BCUT2D eigenvalue weighted by Gasteiger charge is -2.52. The molecule has 2 rings (SSSR count). The molecule has 0 aliphatic heterocycles. The van der Waals surface area contributed by atoms with Crippen molar-refractivity contribution >= 4 is 11.6 Å². The second-order valence-corrected chi connectivity index (χ2v) is 7.79. The van der Waals surface area contributed by atoms with Crippen LogP contribution in [0.15, 0.2) is 23.8 Å². The highest BCUT2D eigenvalue weighted by molar-refractivity contribution is 5.92. The number of Topliss-reactive ketones (excluding diaryl/α,β-unsaturated/α-hetero) is 1. The van der Waals surface area contributed by atoms with Gasteiger partial charge in [-0.15, -0.1) is 0 Å². The molecule has 0 aromatic rings. The summed E-state index contributed by atoms with van der Waals surface area (Å²) in [5.41, 5.74) is -0.924. The van der Waals surface area contributed by atoms with Gasteiger partial charge in [-0.1, -0.05) is 31.6 Å². The maximum atomic E-state index is 12.5. The number of allylic oxidation sites excluding steroid dienone is 2. The van der Waals surface area contributed by atoms with Crippen LogP contribution in [0.3, 0.4) is 0 Å². The molecular formula is C19H28O4. The zero-order chi connectivity index (χ0) is 17.4. The van der Waals surface area contributed by atoms with Crippen molar-refractivity contribution in [3.05, 3.63) is 23.8 Å². The summed E-state index contributed by atoms with van der Waals surface area (Å²) in [7, 11) is 0. The summed E-state index contributed by atoms with van der Waals surface area (Å²) < 4.78 is 0. The molecule has 0 radical (unpaired) electrons. The normalized spacial score (nSPS) is 38.3. The molecule has 1 fully saturated rings. The van der Waals surface area contributed by atoms with Gasteiger partial charge in [0.2, 0.25) is 0 Å². The van der Waals surface area contributed by atoms with E-state index in [9.17, 15) is 19.8 Å². The van der Waals surface area contributed by atoms with Crippen molar-refractivity contribution in [2.75, 3.05) is 0 Å². The van der Waals surface area contributed by atoms with Crippen LogP contribution in [0.2, 0.25) is 0 Å². The van der Waals surface area contributed by atoms with Crippen LogP contribution in [-0.4, -0.2) is 33.5 Å². The number of rotatable bonds is 0. The molecular weight excluding hydrogens is 292 g/mol. The van der Waals surface area contributed by atoms with Crippen molar-refractivity contribution in [3.63, 3.8) is 0 Å². The monoisotopic (exact) mass is 320 g/mol. The van der Waals surface area contributed by atoms with Crippen molar-refractivity contribution in [3.8, 4) is 0 Å². The fourth-order valence-corrected chi connectivity index (χ4v) is 4.20. The minimum atomic E-state index is -1.77. The molecule has 2 aliphatic carbocycles. The average molecular weight is 320 g/mol. The Morgan fingerprint density at radius 3 is 2.48 bits per heavy atom. The van der Waals surface area contributed by atoms with Gasteiger partial charge in [0.1, 0.15) is 0 Å². The van der Waals surface area contributed by atoms with Crippen molar-refractivity contribution in [2.24, 2.45) is 11.3 Å². The van der Waals surface area contributed by atoms with Gasteiger partial charge in [-0.3, -0.25) is 9.59 Å². The highest BCUT2D eigenvalue weighted by Crippen LogP contribution is 2.50. The van der Waals surface area contributed by atoms with Gasteiger partial charge in [0.05, 0.1) is 6.10 Å². The van der Waals surface area contributed by atoms with E-state index in [1.54, 1.807) is 6.92 Å². The number of ketones is 2. The predicted octanol–water partition coefficient (Wildman–Crippen LogP) is 2.73. The first-order valence-electron chi connectivity index (χ1n) is 8.39. The molecule has 4 heteroatoms. The third-order valence-electron chi connectivity index (χ3n) is 5.82. The van der Waals surface area contributed by atoms with E-state index in [1.807, 2.05) is 13.8 Å². The van der Waals surface area contributed by atoms with Gasteiger partial charge >= 0.3 is 0 Å². The molecule has 0 unspecified atom stereocenters. The molecule has 0 amide bonds. The SMILES string of the molecule is C=C1CC[C@@H]2CCC(=O)[C@@](O)([C@@H](O)C/C(C)=C\C(=O)C1)C2(C)C. The molecule has 2 aliphatic rings. The number of aliphatic hydroxyl groups excluding tert-OH is 1. The standard InChI is InChI=1S/C19H28O4/c1-12-5-6-14-7-8-16(21)19(23,18(14,3)4)17(22)11-13(2)10-15(20)9-12/h10,14,17,22-23H,1,5-9,11H2,2-4H3/b13-10-/t14-,17+,19-/m1/s1. The maximum Gasteiger partial charge on any atom is 0.167 e. The molecule has 0 aromatic carbocycles. The van der Waals surface area contributed by atoms with Gasteiger partial charge in [-0.2, -0.15) is 0 Å². The smallest absolute Gasteiger partial charge is 0.167 e. The van der Waals surface area contributed by atoms with E-state index in [2.05, 4.69) is 6.58 Å². The third kappa shape index (κ3) is 3.20. The minimum absolute atomic E-state index is 0.0389. The van der Waals surface area contributed by atoms with Gasteiger partial charge < -0.3 is 10.2 Å². The fourth-order valence-electron chi connectivity index (χ4n) is 4.20. The summed E-state index contributed by atoms with van der Waals surface area (Å²) in [6.07, 6.45) is 3.21. The highest BCUT2D eigenvalue weighted by Gasteiger charge is 2.59. The molecule has 4 nitrogen and oxygen atoms in total. The van der Waals surface area contributed by atoms with Crippen molar-refractivity contribution in [2.45, 2.75) is 71.0 Å². The molecule has 23 heavy (non-hydrogen) atoms. The van der Waals surface area contributed by atoms with Crippen LogP contribution in [0.4, 0.5) is 0 Å². The Kier molecular flexibility index (Phi) is 4.97. The quantitative estimate of drug-likeness (QED) is 0.673. The molecule has 0 saturated heterocycles. The molecule has 0 aromatic heterocycles. The molecule has 0 heterocycles. The Morgan fingerprint density at radius 2 is 1.83 bits per heavy atom. The van der Waals surface area contributed by atoms with Crippen LogP contribution in [0.5, 0.6) is 0 Å². The first-order valence-corrected chi connectivity index (χ1v) is 8.39. The van der Waals surface area contributed by atoms with Gasteiger partial charge in [-0.05, 0) is 44.6 Å². The summed E-state index contributed by atoms with van der Waals surface area (Å²) in [6.45, 7) is 9.48.